The van der Waals surface area contributed by atoms with E-state index in [1.165, 1.54) is 0 Å². The van der Waals surface area contributed by atoms with E-state index in [0.29, 0.717) is 0 Å². The first-order valence-corrected chi connectivity index (χ1v) is 6.64. The van der Waals surface area contributed by atoms with Gasteiger partial charge in [0.25, 0.3) is 0 Å². The lowest BCUT2D eigenvalue weighted by Gasteiger charge is -2.05. The number of rotatable bonds is 0. The van der Waals surface area contributed by atoms with Gasteiger partial charge in [0.15, 0.2) is 0 Å². The zero-order valence-corrected chi connectivity index (χ0v) is 10.7. The molecule has 4 nitrogen and oxygen atoms in total. The number of fused-ring (bicyclic) bond motifs is 8. The van der Waals surface area contributed by atoms with E-state index in [9.17, 15) is 0 Å². The molecular formula is C16H12N4. The third-order valence-corrected chi connectivity index (χ3v) is 3.90. The standard InChI is InChI=1S/C16H12N4/c1-5-13-17(9-1)14-6-2-11-19(14)16-8-4-12-20(16)15-7-3-10-18(13)15/h1-12H. The Labute approximate surface area is 114 Å². The van der Waals surface area contributed by atoms with Crippen molar-refractivity contribution in [3.63, 3.8) is 0 Å². The minimum atomic E-state index is 1.14. The van der Waals surface area contributed by atoms with Crippen molar-refractivity contribution in [1.82, 2.24) is 17.6 Å². The lowest BCUT2D eigenvalue weighted by atomic mass is 10.6. The summed E-state index contributed by atoms with van der Waals surface area (Å²) in [6.07, 6.45) is 8.40. The van der Waals surface area contributed by atoms with Gasteiger partial charge in [0, 0.05) is 24.8 Å². The molecule has 5 heterocycles. The molecule has 0 N–H and O–H groups in total. The van der Waals surface area contributed by atoms with Crippen LogP contribution in [0.3, 0.4) is 0 Å². The zero-order valence-electron chi connectivity index (χ0n) is 10.7. The Morgan fingerprint density at radius 2 is 0.650 bits per heavy atom. The number of nitrogens with zero attached hydrogens (tertiary/aromatic N) is 4. The topological polar surface area (TPSA) is 17.6 Å². The van der Waals surface area contributed by atoms with Gasteiger partial charge in [-0.25, -0.2) is 0 Å². The monoisotopic (exact) mass is 260 g/mol. The Balaban J connectivity index is 2.33. The molecule has 20 heavy (non-hydrogen) atoms. The van der Waals surface area contributed by atoms with Crippen molar-refractivity contribution in [2.45, 2.75) is 0 Å². The molecule has 5 aromatic heterocycles. The van der Waals surface area contributed by atoms with E-state index in [2.05, 4.69) is 90.9 Å². The van der Waals surface area contributed by atoms with Gasteiger partial charge in [0.1, 0.15) is 22.6 Å². The van der Waals surface area contributed by atoms with Gasteiger partial charge in [0.05, 0.1) is 0 Å². The fourth-order valence-electron chi connectivity index (χ4n) is 3.05. The molecular weight excluding hydrogens is 248 g/mol. The second-order valence-electron chi connectivity index (χ2n) is 4.95. The van der Waals surface area contributed by atoms with Crippen LogP contribution < -0.4 is 0 Å². The fraction of sp³-hybridized carbons (Fsp3) is 0. The molecule has 0 saturated heterocycles. The summed E-state index contributed by atoms with van der Waals surface area (Å²) in [5, 5.41) is 0. The van der Waals surface area contributed by atoms with E-state index < -0.39 is 0 Å². The molecule has 5 aromatic rings. The average molecular weight is 260 g/mol. The van der Waals surface area contributed by atoms with Crippen LogP contribution in [0.1, 0.15) is 0 Å². The van der Waals surface area contributed by atoms with Crippen LogP contribution in [0.15, 0.2) is 73.3 Å². The molecule has 0 fully saturated rings. The second kappa shape index (κ2) is 3.36. The molecule has 4 heteroatoms. The summed E-state index contributed by atoms with van der Waals surface area (Å²) in [5.74, 6) is 0. The van der Waals surface area contributed by atoms with Crippen molar-refractivity contribution in [2.24, 2.45) is 0 Å². The molecule has 5 rings (SSSR count). The van der Waals surface area contributed by atoms with Gasteiger partial charge < -0.3 is 0 Å². The quantitative estimate of drug-likeness (QED) is 0.407. The fourth-order valence-corrected chi connectivity index (χ4v) is 3.05. The summed E-state index contributed by atoms with van der Waals surface area (Å²) in [6.45, 7) is 0. The molecule has 0 aromatic carbocycles. The summed E-state index contributed by atoms with van der Waals surface area (Å²) in [7, 11) is 0. The molecule has 96 valence electrons. The van der Waals surface area contributed by atoms with Gasteiger partial charge >= 0.3 is 0 Å². The van der Waals surface area contributed by atoms with Gasteiger partial charge in [-0.2, -0.15) is 0 Å². The van der Waals surface area contributed by atoms with Crippen molar-refractivity contribution in [2.75, 3.05) is 0 Å². The van der Waals surface area contributed by atoms with Gasteiger partial charge in [0.2, 0.25) is 0 Å². The highest BCUT2D eigenvalue weighted by Crippen LogP contribution is 2.17. The number of hydrogen-bond donors (Lipinski definition) is 0. The number of hydrogen-bond acceptors (Lipinski definition) is 0. The van der Waals surface area contributed by atoms with Crippen LogP contribution in [0.25, 0.3) is 22.6 Å². The molecule has 0 amide bonds. The third kappa shape index (κ3) is 1.07. The van der Waals surface area contributed by atoms with Crippen molar-refractivity contribution in [1.29, 1.82) is 0 Å². The molecule has 0 radical (unpaired) electrons. The lowest BCUT2D eigenvalue weighted by Crippen LogP contribution is -1.99. The molecule has 0 bridgehead atoms. The Kier molecular flexibility index (Phi) is 1.68. The van der Waals surface area contributed by atoms with Crippen LogP contribution in [0, 0.1) is 0 Å². The van der Waals surface area contributed by atoms with Crippen LogP contribution in [0.4, 0.5) is 0 Å². The molecule has 0 unspecified atom stereocenters. The van der Waals surface area contributed by atoms with Gasteiger partial charge in [-0.1, -0.05) is 0 Å². The smallest absolute Gasteiger partial charge is 0.124 e. The maximum Gasteiger partial charge on any atom is 0.124 e. The minimum absolute atomic E-state index is 1.14. The normalized spacial score (nSPS) is 12.0. The molecule has 0 spiro atoms. The first-order chi connectivity index (χ1) is 9.93. The average Bonchev–Trinajstić information content (AvgIpc) is 3.21. The highest BCUT2D eigenvalue weighted by Gasteiger charge is 2.05. The van der Waals surface area contributed by atoms with E-state index in [1.807, 2.05) is 0 Å². The van der Waals surface area contributed by atoms with E-state index in [0.717, 1.165) is 22.6 Å². The zero-order chi connectivity index (χ0) is 13.1. The maximum absolute atomic E-state index is 2.21. The molecule has 0 atom stereocenters. The first-order valence-electron chi connectivity index (χ1n) is 6.64. The predicted molar refractivity (Wildman–Crippen MR) is 79.1 cm³/mol. The summed E-state index contributed by atoms with van der Waals surface area (Å²) >= 11 is 0. The van der Waals surface area contributed by atoms with Crippen LogP contribution in [0.5, 0.6) is 0 Å². The second-order valence-corrected chi connectivity index (χ2v) is 4.95. The Morgan fingerprint density at radius 1 is 0.400 bits per heavy atom. The van der Waals surface area contributed by atoms with Crippen molar-refractivity contribution in [3.8, 4) is 0 Å². The van der Waals surface area contributed by atoms with Gasteiger partial charge in [-0.3, -0.25) is 17.6 Å². The number of aromatic nitrogens is 4. The van der Waals surface area contributed by atoms with Gasteiger partial charge in [-0.15, -0.1) is 0 Å². The molecule has 0 aliphatic carbocycles. The third-order valence-electron chi connectivity index (χ3n) is 3.90. The lowest BCUT2D eigenvalue weighted by molar-refractivity contribution is 1.03. The summed E-state index contributed by atoms with van der Waals surface area (Å²) in [5.41, 5.74) is 4.57. The largest absolute Gasteiger partial charge is 0.288 e. The molecule has 0 aliphatic rings. The van der Waals surface area contributed by atoms with Crippen molar-refractivity contribution in [3.05, 3.63) is 73.3 Å². The van der Waals surface area contributed by atoms with Gasteiger partial charge in [-0.05, 0) is 48.5 Å². The van der Waals surface area contributed by atoms with Crippen molar-refractivity contribution < 1.29 is 0 Å². The molecule has 0 aliphatic heterocycles. The van der Waals surface area contributed by atoms with E-state index >= 15 is 0 Å². The van der Waals surface area contributed by atoms with Crippen LogP contribution in [-0.4, -0.2) is 17.6 Å². The Morgan fingerprint density at radius 3 is 0.900 bits per heavy atom. The molecule has 0 saturated carbocycles. The minimum Gasteiger partial charge on any atom is -0.288 e. The predicted octanol–water partition coefficient (Wildman–Crippen LogP) is 3.26. The van der Waals surface area contributed by atoms with Crippen LogP contribution in [0.2, 0.25) is 0 Å². The highest BCUT2D eigenvalue weighted by atomic mass is 15.2. The summed E-state index contributed by atoms with van der Waals surface area (Å²) in [6, 6.07) is 16.9. The Bertz CT molecular complexity index is 804. The summed E-state index contributed by atoms with van der Waals surface area (Å²) in [4.78, 5) is 0. The SMILES string of the molecule is c1cc2n(c1)c1cccn1c1cccn1c1cccn21. The highest BCUT2D eigenvalue weighted by molar-refractivity contribution is 5.63. The van der Waals surface area contributed by atoms with E-state index in [4.69, 9.17) is 0 Å². The van der Waals surface area contributed by atoms with Crippen molar-refractivity contribution >= 4 is 22.6 Å². The van der Waals surface area contributed by atoms with Crippen LogP contribution in [-0.2, 0) is 0 Å². The Hall–Kier alpha value is -2.88. The van der Waals surface area contributed by atoms with Crippen LogP contribution >= 0.6 is 0 Å². The summed E-state index contributed by atoms with van der Waals surface area (Å²) < 4.78 is 8.83. The maximum atomic E-state index is 2.21. The van der Waals surface area contributed by atoms with E-state index in [-0.39, 0.29) is 0 Å². The van der Waals surface area contributed by atoms with E-state index in [1.54, 1.807) is 0 Å². The first kappa shape index (κ1) is 9.97.